The minimum atomic E-state index is -4.98. The fourth-order valence-corrected chi connectivity index (χ4v) is 2.14. The number of nitrogens with one attached hydrogen (secondary N) is 1. The lowest BCUT2D eigenvalue weighted by Gasteiger charge is -2.41. The van der Waals surface area contributed by atoms with Crippen LogP contribution in [-0.2, 0) is 18.6 Å². The van der Waals surface area contributed by atoms with Gasteiger partial charge in [-0.15, -0.1) is 0 Å². The predicted molar refractivity (Wildman–Crippen MR) is 63.0 cm³/mol. The number of aliphatic hydroxyl groups excluding tert-OH is 3. The fourth-order valence-electron chi connectivity index (χ4n) is 1.68. The normalized spacial score (nSPS) is 34.5. The lowest BCUT2D eigenvalue weighted by atomic mass is 9.97. The first kappa shape index (κ1) is 17.2. The minimum absolute atomic E-state index is 0.721. The maximum Gasteiger partial charge on any atom is 0.472 e. The van der Waals surface area contributed by atoms with E-state index < -0.39 is 51.0 Å². The Balaban J connectivity index is 2.95. The molecule has 1 rings (SSSR count). The molecule has 20 heavy (non-hydrogen) atoms. The van der Waals surface area contributed by atoms with Gasteiger partial charge in [0.15, 0.2) is 6.29 Å². The van der Waals surface area contributed by atoms with E-state index in [2.05, 4.69) is 16.4 Å². The van der Waals surface area contributed by atoms with Crippen molar-refractivity contribution in [2.45, 2.75) is 30.6 Å². The van der Waals surface area contributed by atoms with Gasteiger partial charge in [-0.25, -0.2) is 4.57 Å². The van der Waals surface area contributed by atoms with Crippen molar-refractivity contribution in [2.24, 2.45) is 0 Å². The molecule has 5 atom stereocenters. The van der Waals surface area contributed by atoms with E-state index in [9.17, 15) is 19.6 Å². The van der Waals surface area contributed by atoms with Crippen molar-refractivity contribution < 1.29 is 43.7 Å². The number of hydrogen-bond donors (Lipinski definition) is 6. The molecular formula is C9H16NO9P. The van der Waals surface area contributed by atoms with Crippen LogP contribution in [0.5, 0.6) is 0 Å². The van der Waals surface area contributed by atoms with Gasteiger partial charge in [-0.3, -0.25) is 9.32 Å². The summed E-state index contributed by atoms with van der Waals surface area (Å²) in [5.74, 6) is -0.772. The molecule has 116 valence electrons. The van der Waals surface area contributed by atoms with Crippen LogP contribution in [0, 0.1) is 0 Å². The lowest BCUT2D eigenvalue weighted by Crippen LogP contribution is -2.64. The summed E-state index contributed by atoms with van der Waals surface area (Å²) in [6.45, 7) is 2.45. The van der Waals surface area contributed by atoms with Gasteiger partial charge in [0.1, 0.15) is 24.4 Å². The molecule has 0 aromatic heterocycles. The summed E-state index contributed by atoms with van der Waals surface area (Å²) in [6, 6.07) is -1.45. The van der Waals surface area contributed by atoms with Gasteiger partial charge in [-0.2, -0.15) is 0 Å². The number of amides is 1. The fraction of sp³-hybridized carbons (Fsp3) is 0.667. The van der Waals surface area contributed by atoms with Gasteiger partial charge in [-0.1, -0.05) is 6.58 Å². The average Bonchev–Trinajstić information content (AvgIpc) is 2.36. The predicted octanol–water partition coefficient (Wildman–Crippen LogP) is -2.79. The number of phosphoric ester groups is 1. The van der Waals surface area contributed by atoms with Gasteiger partial charge in [0.05, 0.1) is 6.61 Å². The number of ether oxygens (including phenoxy) is 1. The van der Waals surface area contributed by atoms with Crippen LogP contribution in [0.25, 0.3) is 0 Å². The first-order valence-electron chi connectivity index (χ1n) is 5.49. The van der Waals surface area contributed by atoms with Crippen molar-refractivity contribution in [3.05, 3.63) is 12.7 Å². The van der Waals surface area contributed by atoms with Crippen LogP contribution in [0.1, 0.15) is 0 Å². The SMILES string of the molecule is C=CC(=O)N[C@H]1[C@@H](OP(=O)(O)O)O[C@H](CO)[C@@H](O)[C@@H]1O. The van der Waals surface area contributed by atoms with Gasteiger partial charge < -0.3 is 35.2 Å². The standard InChI is InChI=1S/C9H16NO9P/c1-2-5(12)10-6-8(14)7(13)4(3-11)18-9(6)19-20(15,16)17/h2,4,6-9,11,13-14H,1,3H2,(H,10,12)(H2,15,16,17)/t4-,6-,7-,8-,9-/m1/s1. The molecule has 6 N–H and O–H groups in total. The molecule has 10 nitrogen and oxygen atoms in total. The zero-order chi connectivity index (χ0) is 15.5. The summed E-state index contributed by atoms with van der Waals surface area (Å²) in [5, 5.41) is 30.6. The van der Waals surface area contributed by atoms with Crippen LogP contribution in [0.2, 0.25) is 0 Å². The number of rotatable bonds is 5. The van der Waals surface area contributed by atoms with Crippen molar-refractivity contribution in [1.29, 1.82) is 0 Å². The highest BCUT2D eigenvalue weighted by molar-refractivity contribution is 7.46. The van der Waals surface area contributed by atoms with E-state index in [1.165, 1.54) is 0 Å². The van der Waals surface area contributed by atoms with Gasteiger partial charge in [0, 0.05) is 0 Å². The molecule has 0 radical (unpaired) electrons. The Bertz CT molecular complexity index is 410. The minimum Gasteiger partial charge on any atom is -0.394 e. The third-order valence-corrected chi connectivity index (χ3v) is 3.10. The molecule has 1 aliphatic rings. The Morgan fingerprint density at radius 3 is 2.45 bits per heavy atom. The Morgan fingerprint density at radius 2 is 2.00 bits per heavy atom. The third kappa shape index (κ3) is 4.33. The van der Waals surface area contributed by atoms with Crippen molar-refractivity contribution in [2.75, 3.05) is 6.61 Å². The van der Waals surface area contributed by atoms with Crippen LogP contribution in [0.3, 0.4) is 0 Å². The van der Waals surface area contributed by atoms with E-state index in [-0.39, 0.29) is 0 Å². The van der Waals surface area contributed by atoms with Crippen LogP contribution in [0.15, 0.2) is 12.7 Å². The summed E-state index contributed by atoms with van der Waals surface area (Å²) in [7, 11) is -4.98. The molecule has 0 aromatic rings. The first-order valence-corrected chi connectivity index (χ1v) is 7.02. The third-order valence-electron chi connectivity index (χ3n) is 2.62. The highest BCUT2D eigenvalue weighted by atomic mass is 31.2. The molecule has 0 spiro atoms. The number of carbonyl (C=O) groups is 1. The molecule has 1 aliphatic heterocycles. The molecule has 1 saturated heterocycles. The molecule has 0 bridgehead atoms. The second-order valence-corrected chi connectivity index (χ2v) is 5.23. The molecular weight excluding hydrogens is 297 g/mol. The Morgan fingerprint density at radius 1 is 1.40 bits per heavy atom. The zero-order valence-corrected chi connectivity index (χ0v) is 11.1. The quantitative estimate of drug-likeness (QED) is 0.232. The molecule has 0 saturated carbocycles. The average molecular weight is 313 g/mol. The zero-order valence-electron chi connectivity index (χ0n) is 10.2. The Labute approximate surface area is 113 Å². The van der Waals surface area contributed by atoms with Crippen LogP contribution in [-0.4, -0.2) is 68.3 Å². The number of hydrogen-bond acceptors (Lipinski definition) is 7. The van der Waals surface area contributed by atoms with E-state index >= 15 is 0 Å². The lowest BCUT2D eigenvalue weighted by molar-refractivity contribution is -0.247. The van der Waals surface area contributed by atoms with Crippen LogP contribution < -0.4 is 5.32 Å². The Kier molecular flexibility index (Phi) is 5.80. The Hall–Kier alpha value is -0.840. The second kappa shape index (κ2) is 6.74. The number of phosphoric acid groups is 1. The van der Waals surface area contributed by atoms with E-state index in [0.717, 1.165) is 6.08 Å². The van der Waals surface area contributed by atoms with Crippen molar-refractivity contribution in [1.82, 2.24) is 5.32 Å². The summed E-state index contributed by atoms with van der Waals surface area (Å²) < 4.78 is 20.1. The van der Waals surface area contributed by atoms with E-state index in [1.807, 2.05) is 0 Å². The van der Waals surface area contributed by atoms with Gasteiger partial charge >= 0.3 is 7.82 Å². The van der Waals surface area contributed by atoms with Crippen LogP contribution >= 0.6 is 7.82 Å². The van der Waals surface area contributed by atoms with Crippen molar-refractivity contribution >= 4 is 13.7 Å². The maximum absolute atomic E-state index is 11.2. The summed E-state index contributed by atoms with van der Waals surface area (Å²) in [6.07, 6.45) is -5.46. The smallest absolute Gasteiger partial charge is 0.394 e. The van der Waals surface area contributed by atoms with Crippen LogP contribution in [0.4, 0.5) is 0 Å². The monoisotopic (exact) mass is 313 g/mol. The van der Waals surface area contributed by atoms with Gasteiger partial charge in [0.25, 0.3) is 0 Å². The van der Waals surface area contributed by atoms with E-state index in [4.69, 9.17) is 19.6 Å². The summed E-state index contributed by atoms with van der Waals surface area (Å²) in [5.41, 5.74) is 0. The molecule has 0 aromatic carbocycles. The van der Waals surface area contributed by atoms with Crippen molar-refractivity contribution in [3.63, 3.8) is 0 Å². The van der Waals surface area contributed by atoms with E-state index in [1.54, 1.807) is 0 Å². The second-order valence-electron chi connectivity index (χ2n) is 4.04. The molecule has 1 amide bonds. The summed E-state index contributed by atoms with van der Waals surface area (Å²) in [4.78, 5) is 28.7. The first-order chi connectivity index (χ1) is 9.19. The van der Waals surface area contributed by atoms with E-state index in [0.29, 0.717) is 0 Å². The summed E-state index contributed by atoms with van der Waals surface area (Å²) >= 11 is 0. The van der Waals surface area contributed by atoms with Crippen molar-refractivity contribution in [3.8, 4) is 0 Å². The van der Waals surface area contributed by atoms with Gasteiger partial charge in [0.2, 0.25) is 5.91 Å². The molecule has 1 heterocycles. The number of carbonyl (C=O) groups excluding carboxylic acids is 1. The maximum atomic E-state index is 11.2. The topological polar surface area (TPSA) is 166 Å². The molecule has 11 heteroatoms. The molecule has 0 unspecified atom stereocenters. The molecule has 0 aliphatic carbocycles. The highest BCUT2D eigenvalue weighted by Gasteiger charge is 2.47. The van der Waals surface area contributed by atoms with Gasteiger partial charge in [-0.05, 0) is 6.08 Å². The highest BCUT2D eigenvalue weighted by Crippen LogP contribution is 2.40. The molecule has 1 fully saturated rings. The number of aliphatic hydroxyl groups is 3. The largest absolute Gasteiger partial charge is 0.472 e.